The molecule has 5 heteroatoms. The van der Waals surface area contributed by atoms with Gasteiger partial charge in [0.15, 0.2) is 5.78 Å². The largest absolute Gasteiger partial charge is 0.356 e. The van der Waals surface area contributed by atoms with Crippen LogP contribution in [0.3, 0.4) is 0 Å². The van der Waals surface area contributed by atoms with Crippen LogP contribution in [-0.4, -0.2) is 42.2 Å². The number of hydrogen-bond acceptors (Lipinski definition) is 5. The molecule has 2 N–H and O–H groups in total. The number of nitrogens with one attached hydrogen (secondary N) is 2. The summed E-state index contributed by atoms with van der Waals surface area (Å²) >= 11 is 0. The van der Waals surface area contributed by atoms with Gasteiger partial charge in [0.05, 0.1) is 5.56 Å². The summed E-state index contributed by atoms with van der Waals surface area (Å²) < 4.78 is 0. The van der Waals surface area contributed by atoms with E-state index in [9.17, 15) is 4.79 Å². The van der Waals surface area contributed by atoms with Gasteiger partial charge in [0.1, 0.15) is 5.82 Å². The molecule has 1 saturated heterocycles. The highest BCUT2D eigenvalue weighted by molar-refractivity contribution is 6.10. The van der Waals surface area contributed by atoms with E-state index >= 15 is 0 Å². The van der Waals surface area contributed by atoms with Crippen molar-refractivity contribution in [2.24, 2.45) is 5.92 Å². The fraction of sp³-hybridized carbons (Fsp3) is 0.632. The first kappa shape index (κ1) is 18.6. The molecule has 0 amide bonds. The lowest BCUT2D eigenvalue weighted by molar-refractivity contribution is 0.100. The van der Waals surface area contributed by atoms with E-state index in [-0.39, 0.29) is 12.2 Å². The molecule has 1 aromatic rings. The van der Waals surface area contributed by atoms with E-state index in [0.717, 1.165) is 43.9 Å². The van der Waals surface area contributed by atoms with Gasteiger partial charge >= 0.3 is 0 Å². The minimum absolute atomic E-state index is 0.00578. The van der Waals surface area contributed by atoms with Gasteiger partial charge in [0.2, 0.25) is 0 Å². The predicted molar refractivity (Wildman–Crippen MR) is 99.4 cm³/mol. The molecule has 0 unspecified atom stereocenters. The summed E-state index contributed by atoms with van der Waals surface area (Å²) in [6, 6.07) is 2.47. The highest BCUT2D eigenvalue weighted by atomic mass is 16.1. The van der Waals surface area contributed by atoms with Gasteiger partial charge in [-0.1, -0.05) is 13.8 Å². The molecule has 0 spiro atoms. The van der Waals surface area contributed by atoms with Crippen molar-refractivity contribution < 1.29 is 4.79 Å². The Bertz CT molecular complexity index is 589. The number of rotatable bonds is 7. The highest BCUT2D eigenvalue weighted by Gasteiger charge is 2.24. The Morgan fingerprint density at radius 3 is 2.67 bits per heavy atom. The second kappa shape index (κ2) is 8.38. The molecule has 2 rings (SSSR count). The van der Waals surface area contributed by atoms with Gasteiger partial charge < -0.3 is 15.6 Å². The molecule has 5 nitrogen and oxygen atoms in total. The van der Waals surface area contributed by atoms with Crippen molar-refractivity contribution in [2.75, 3.05) is 24.5 Å². The number of hydrogen-bond donors (Lipinski definition) is 2. The number of anilines is 1. The smallest absolute Gasteiger partial charge is 0.172 e. The lowest BCUT2D eigenvalue weighted by Crippen LogP contribution is -2.44. The molecule has 1 aliphatic heterocycles. The van der Waals surface area contributed by atoms with Crippen LogP contribution < -0.4 is 10.2 Å². The normalized spacial score (nSPS) is 15.8. The summed E-state index contributed by atoms with van der Waals surface area (Å²) in [4.78, 5) is 19.3. The minimum atomic E-state index is -0.00578. The van der Waals surface area contributed by atoms with Gasteiger partial charge in [-0.2, -0.15) is 0 Å². The SMILES string of the molecule is CC(=N)CC(=O)c1cc(C)cnc1N1CCC(NCC(C)C)CC1. The Labute approximate surface area is 145 Å². The molecule has 0 atom stereocenters. The van der Waals surface area contributed by atoms with Crippen LogP contribution in [0.25, 0.3) is 0 Å². The van der Waals surface area contributed by atoms with E-state index < -0.39 is 0 Å². The molecule has 0 saturated carbocycles. The maximum atomic E-state index is 12.5. The van der Waals surface area contributed by atoms with Gasteiger partial charge in [-0.3, -0.25) is 4.79 Å². The van der Waals surface area contributed by atoms with Crippen LogP contribution in [0, 0.1) is 18.3 Å². The van der Waals surface area contributed by atoms with E-state index in [2.05, 4.69) is 29.0 Å². The van der Waals surface area contributed by atoms with Crippen molar-refractivity contribution in [2.45, 2.75) is 53.0 Å². The number of aryl methyl sites for hydroxylation is 1. The average molecular weight is 330 g/mol. The van der Waals surface area contributed by atoms with Crippen LogP contribution in [0.1, 0.15) is 56.0 Å². The summed E-state index contributed by atoms with van der Waals surface area (Å²) in [5.74, 6) is 1.44. The van der Waals surface area contributed by atoms with Crippen LogP contribution in [0.4, 0.5) is 5.82 Å². The first-order chi connectivity index (χ1) is 11.4. The monoisotopic (exact) mass is 330 g/mol. The molecule has 2 heterocycles. The van der Waals surface area contributed by atoms with Crippen molar-refractivity contribution in [1.82, 2.24) is 10.3 Å². The van der Waals surface area contributed by atoms with Gasteiger partial charge in [-0.05, 0) is 50.8 Å². The third-order valence-corrected chi connectivity index (χ3v) is 4.34. The van der Waals surface area contributed by atoms with Gasteiger partial charge in [-0.15, -0.1) is 0 Å². The number of carbonyl (C=O) groups excluding carboxylic acids is 1. The maximum Gasteiger partial charge on any atom is 0.172 e. The van der Waals surface area contributed by atoms with Crippen LogP contribution in [0.2, 0.25) is 0 Å². The maximum absolute atomic E-state index is 12.5. The summed E-state index contributed by atoms with van der Waals surface area (Å²) in [5, 5.41) is 11.2. The number of piperidine rings is 1. The van der Waals surface area contributed by atoms with Crippen molar-refractivity contribution in [3.8, 4) is 0 Å². The lowest BCUT2D eigenvalue weighted by Gasteiger charge is -2.34. The Morgan fingerprint density at radius 1 is 1.42 bits per heavy atom. The van der Waals surface area contributed by atoms with Crippen LogP contribution in [0.15, 0.2) is 12.3 Å². The molecular weight excluding hydrogens is 300 g/mol. The molecule has 0 radical (unpaired) electrons. The zero-order valence-corrected chi connectivity index (χ0v) is 15.4. The molecule has 0 bridgehead atoms. The van der Waals surface area contributed by atoms with E-state index in [1.807, 2.05) is 19.2 Å². The van der Waals surface area contributed by atoms with Crippen LogP contribution >= 0.6 is 0 Å². The summed E-state index contributed by atoms with van der Waals surface area (Å²) in [5.41, 5.74) is 2.04. The lowest BCUT2D eigenvalue weighted by atomic mass is 10.0. The van der Waals surface area contributed by atoms with Crippen molar-refractivity contribution >= 4 is 17.3 Å². The Balaban J connectivity index is 2.07. The first-order valence-corrected chi connectivity index (χ1v) is 8.89. The zero-order chi connectivity index (χ0) is 17.7. The quantitative estimate of drug-likeness (QED) is 0.595. The van der Waals surface area contributed by atoms with Gasteiger partial charge in [0.25, 0.3) is 0 Å². The van der Waals surface area contributed by atoms with Crippen molar-refractivity contribution in [3.05, 3.63) is 23.4 Å². The summed E-state index contributed by atoms with van der Waals surface area (Å²) in [6.07, 6.45) is 4.13. The van der Waals surface area contributed by atoms with Crippen molar-refractivity contribution in [1.29, 1.82) is 5.41 Å². The number of nitrogens with zero attached hydrogens (tertiary/aromatic N) is 2. The molecular formula is C19H30N4O. The standard InChI is InChI=1S/C19H30N4O/c1-13(2)11-21-16-5-7-23(8-6-16)19-17(9-14(3)12-22-19)18(24)10-15(4)20/h9,12-13,16,20-21H,5-8,10-11H2,1-4H3. The fourth-order valence-corrected chi connectivity index (χ4v) is 3.05. The molecule has 1 fully saturated rings. The third-order valence-electron chi connectivity index (χ3n) is 4.34. The Morgan fingerprint density at radius 2 is 2.08 bits per heavy atom. The van der Waals surface area contributed by atoms with Crippen molar-refractivity contribution in [3.63, 3.8) is 0 Å². The topological polar surface area (TPSA) is 69.1 Å². The minimum Gasteiger partial charge on any atom is -0.356 e. The highest BCUT2D eigenvalue weighted by Crippen LogP contribution is 2.24. The number of pyridine rings is 1. The number of Topliss-reactive ketones (excluding diaryl/α,β-unsaturated/α-hetero) is 1. The van der Waals surface area contributed by atoms with E-state index in [1.54, 1.807) is 6.92 Å². The Kier molecular flexibility index (Phi) is 6.49. The van der Waals surface area contributed by atoms with Crippen LogP contribution in [-0.2, 0) is 0 Å². The summed E-state index contributed by atoms with van der Waals surface area (Å²) in [6.45, 7) is 10.9. The average Bonchev–Trinajstić information content (AvgIpc) is 2.53. The second-order valence-electron chi connectivity index (χ2n) is 7.33. The van der Waals surface area contributed by atoms with E-state index in [1.165, 1.54) is 0 Å². The third kappa shape index (κ3) is 5.13. The number of ketones is 1. The van der Waals surface area contributed by atoms with Gasteiger partial charge in [-0.25, -0.2) is 4.98 Å². The molecule has 24 heavy (non-hydrogen) atoms. The van der Waals surface area contributed by atoms with Crippen LogP contribution in [0.5, 0.6) is 0 Å². The van der Waals surface area contributed by atoms with E-state index in [4.69, 9.17) is 5.41 Å². The summed E-state index contributed by atoms with van der Waals surface area (Å²) in [7, 11) is 0. The fourth-order valence-electron chi connectivity index (χ4n) is 3.05. The first-order valence-electron chi connectivity index (χ1n) is 8.89. The van der Waals surface area contributed by atoms with Gasteiger partial charge in [0, 0.05) is 37.5 Å². The predicted octanol–water partition coefficient (Wildman–Crippen LogP) is 3.22. The Hall–Kier alpha value is -1.75. The molecule has 1 aliphatic rings. The molecule has 1 aromatic heterocycles. The number of carbonyl (C=O) groups is 1. The molecule has 132 valence electrons. The molecule has 0 aromatic carbocycles. The second-order valence-corrected chi connectivity index (χ2v) is 7.33. The zero-order valence-electron chi connectivity index (χ0n) is 15.4. The molecule has 0 aliphatic carbocycles. The van der Waals surface area contributed by atoms with E-state index in [0.29, 0.717) is 23.2 Å². The number of aromatic nitrogens is 1.